The highest BCUT2D eigenvalue weighted by Gasteiger charge is 2.70. The summed E-state index contributed by atoms with van der Waals surface area (Å²) in [7, 11) is -3.59. The van der Waals surface area contributed by atoms with Crippen LogP contribution in [-0.4, -0.2) is 90.1 Å². The summed E-state index contributed by atoms with van der Waals surface area (Å²) in [6.07, 6.45) is 16.0. The highest BCUT2D eigenvalue weighted by Crippen LogP contribution is 2.65. The van der Waals surface area contributed by atoms with E-state index in [4.69, 9.17) is 6.42 Å². The van der Waals surface area contributed by atoms with Crippen LogP contribution in [0.15, 0.2) is 0 Å². The summed E-state index contributed by atoms with van der Waals surface area (Å²) < 4.78 is 26.4. The third kappa shape index (κ3) is 8.94. The number of likely N-dealkylation sites (tertiary alicyclic amines) is 1. The molecule has 12 nitrogen and oxygen atoms in total. The van der Waals surface area contributed by atoms with Crippen LogP contribution in [0.25, 0.3) is 0 Å². The van der Waals surface area contributed by atoms with Crippen molar-refractivity contribution in [2.24, 2.45) is 28.6 Å². The maximum absolute atomic E-state index is 15.0. The first-order valence-electron chi connectivity index (χ1n) is 20.5. The van der Waals surface area contributed by atoms with E-state index in [-0.39, 0.29) is 41.8 Å². The molecule has 4 N–H and O–H groups in total. The Balaban J connectivity index is 1.39. The van der Waals surface area contributed by atoms with E-state index in [1.807, 2.05) is 13.8 Å². The molecule has 1 saturated heterocycles. The van der Waals surface area contributed by atoms with Gasteiger partial charge in [-0.3, -0.25) is 19.2 Å². The molecule has 0 radical (unpaired) electrons. The summed E-state index contributed by atoms with van der Waals surface area (Å²) >= 11 is 0. The predicted octanol–water partition coefficient (Wildman–Crippen LogP) is 4.41. The van der Waals surface area contributed by atoms with Crippen LogP contribution in [0.3, 0.4) is 0 Å². The van der Waals surface area contributed by atoms with Crippen molar-refractivity contribution in [3.63, 3.8) is 0 Å². The molecule has 54 heavy (non-hydrogen) atoms. The van der Waals surface area contributed by atoms with E-state index in [9.17, 15) is 32.4 Å². The Morgan fingerprint density at radius 3 is 2.11 bits per heavy atom. The van der Waals surface area contributed by atoms with Crippen LogP contribution in [0.2, 0.25) is 0 Å². The summed E-state index contributed by atoms with van der Waals surface area (Å²) in [6, 6.07) is -3.58. The number of nitrogens with one attached hydrogen (secondary N) is 4. The van der Waals surface area contributed by atoms with Crippen molar-refractivity contribution < 1.29 is 32.4 Å². The minimum atomic E-state index is -3.59. The zero-order valence-corrected chi connectivity index (χ0v) is 34.3. The maximum atomic E-state index is 15.0. The molecule has 4 saturated carbocycles. The second-order valence-corrected chi connectivity index (χ2v) is 21.3. The normalized spacial score (nSPS) is 26.6. The first-order valence-corrected chi connectivity index (χ1v) is 22.1. The van der Waals surface area contributed by atoms with Crippen LogP contribution in [0.4, 0.5) is 4.79 Å². The number of amides is 5. The molecule has 13 heteroatoms. The summed E-state index contributed by atoms with van der Waals surface area (Å²) in [5.74, 6) is 0.207. The number of fused-ring (bicyclic) bond motifs is 1. The maximum Gasteiger partial charge on any atom is 0.315 e. The van der Waals surface area contributed by atoms with E-state index >= 15 is 0 Å². The first kappa shape index (κ1) is 42.0. The monoisotopic (exact) mass is 771 g/mol. The third-order valence-electron chi connectivity index (χ3n) is 14.0. The molecular weight excluding hydrogens is 707 g/mol. The summed E-state index contributed by atoms with van der Waals surface area (Å²) in [6.45, 7) is 12.2. The molecule has 2 unspecified atom stereocenters. The molecule has 0 aromatic heterocycles. The zero-order chi connectivity index (χ0) is 39.7. The Hall–Kier alpha value is -3.14. The van der Waals surface area contributed by atoms with Crippen molar-refractivity contribution >= 4 is 39.4 Å². The lowest BCUT2D eigenvalue weighted by atomic mass is 9.70. The van der Waals surface area contributed by atoms with E-state index in [0.717, 1.165) is 51.4 Å². The molecule has 5 aliphatic rings. The van der Waals surface area contributed by atoms with Gasteiger partial charge in [-0.05, 0) is 93.8 Å². The molecule has 0 aromatic carbocycles. The third-order valence-corrected chi connectivity index (χ3v) is 16.9. The lowest BCUT2D eigenvalue weighted by Crippen LogP contribution is -2.65. The predicted molar refractivity (Wildman–Crippen MR) is 208 cm³/mol. The number of urea groups is 1. The molecule has 0 spiro atoms. The van der Waals surface area contributed by atoms with Gasteiger partial charge in [-0.25, -0.2) is 13.2 Å². The fraction of sp³-hybridized carbons (Fsp3) is 0.829. The van der Waals surface area contributed by atoms with Gasteiger partial charge in [0, 0.05) is 19.5 Å². The number of terminal acetylenes is 1. The van der Waals surface area contributed by atoms with E-state index in [1.165, 1.54) is 0 Å². The van der Waals surface area contributed by atoms with E-state index in [2.05, 4.69) is 41.0 Å². The van der Waals surface area contributed by atoms with Crippen LogP contribution in [0.1, 0.15) is 138 Å². The van der Waals surface area contributed by atoms with Crippen molar-refractivity contribution in [1.82, 2.24) is 26.2 Å². The second kappa shape index (κ2) is 16.1. The summed E-state index contributed by atoms with van der Waals surface area (Å²) in [4.78, 5) is 71.2. The van der Waals surface area contributed by atoms with Crippen molar-refractivity contribution in [1.29, 1.82) is 0 Å². The van der Waals surface area contributed by atoms with Crippen molar-refractivity contribution in [3.8, 4) is 12.3 Å². The van der Waals surface area contributed by atoms with Crippen molar-refractivity contribution in [2.45, 2.75) is 166 Å². The molecule has 5 fully saturated rings. The van der Waals surface area contributed by atoms with Gasteiger partial charge < -0.3 is 26.2 Å². The molecule has 5 atom stereocenters. The molecule has 302 valence electrons. The summed E-state index contributed by atoms with van der Waals surface area (Å²) in [5, 5.41) is 11.7. The van der Waals surface area contributed by atoms with Crippen LogP contribution in [-0.2, 0) is 29.0 Å². The smallest absolute Gasteiger partial charge is 0.315 e. The quantitative estimate of drug-likeness (QED) is 0.133. The van der Waals surface area contributed by atoms with E-state index < -0.39 is 67.3 Å². The van der Waals surface area contributed by atoms with Gasteiger partial charge in [0.1, 0.15) is 12.1 Å². The van der Waals surface area contributed by atoms with Gasteiger partial charge in [0.25, 0.3) is 5.91 Å². The van der Waals surface area contributed by atoms with Gasteiger partial charge in [-0.15, -0.1) is 12.3 Å². The van der Waals surface area contributed by atoms with Gasteiger partial charge in [-0.1, -0.05) is 66.2 Å². The van der Waals surface area contributed by atoms with Gasteiger partial charge in [-0.2, -0.15) is 0 Å². The van der Waals surface area contributed by atoms with Gasteiger partial charge in [0.2, 0.25) is 17.6 Å². The largest absolute Gasteiger partial charge is 0.349 e. The number of hydrogen-bond acceptors (Lipinski definition) is 7. The van der Waals surface area contributed by atoms with Crippen molar-refractivity contribution in [3.05, 3.63) is 0 Å². The molecule has 1 heterocycles. The summed E-state index contributed by atoms with van der Waals surface area (Å²) in [5.41, 5.74) is -1.78. The fourth-order valence-corrected chi connectivity index (χ4v) is 11.4. The number of nitrogens with zero attached hydrogens (tertiary/aromatic N) is 1. The topological polar surface area (TPSA) is 171 Å². The Kier molecular flexibility index (Phi) is 12.6. The van der Waals surface area contributed by atoms with Crippen LogP contribution in [0.5, 0.6) is 0 Å². The zero-order valence-electron chi connectivity index (χ0n) is 33.5. The van der Waals surface area contributed by atoms with E-state index in [0.29, 0.717) is 51.1 Å². The average molecular weight is 772 g/mol. The molecule has 1 aliphatic heterocycles. The SMILES string of the molecule is C#CCCC(NC(=O)[C@@H]1[C@@H]2C(CN1C(=O)[C@@H](NC(=O)NC1(CS(=O)(=O)C(C)(C)CC)CCCCC1)C1(C)CCCCC1)C2(C)C)C(=O)C(=O)NCC1CC1. The van der Waals surface area contributed by atoms with Gasteiger partial charge in [0.05, 0.1) is 22.1 Å². The highest BCUT2D eigenvalue weighted by molar-refractivity contribution is 7.92. The Bertz CT molecular complexity index is 1600. The number of piperidine rings is 1. The molecular formula is C41H65N5O7S. The van der Waals surface area contributed by atoms with Crippen molar-refractivity contribution in [2.75, 3.05) is 18.8 Å². The molecule has 5 rings (SSSR count). The number of Topliss-reactive ketones (excluding diaryl/α,β-unsaturated/α-hetero) is 1. The number of hydrogen-bond donors (Lipinski definition) is 4. The van der Waals surface area contributed by atoms with Gasteiger partial charge >= 0.3 is 6.03 Å². The van der Waals surface area contributed by atoms with Gasteiger partial charge in [0.15, 0.2) is 9.84 Å². The lowest BCUT2D eigenvalue weighted by Gasteiger charge is -2.44. The molecule has 4 aliphatic carbocycles. The Labute approximate surface area is 323 Å². The van der Waals surface area contributed by atoms with E-state index in [1.54, 1.807) is 18.7 Å². The second-order valence-electron chi connectivity index (χ2n) is 18.7. The van der Waals surface area contributed by atoms with Crippen LogP contribution in [0, 0.1) is 40.9 Å². The number of sulfone groups is 1. The Morgan fingerprint density at radius 1 is 0.926 bits per heavy atom. The minimum Gasteiger partial charge on any atom is -0.349 e. The van der Waals surface area contributed by atoms with Crippen LogP contribution < -0.4 is 21.3 Å². The number of ketones is 1. The number of carbonyl (C=O) groups excluding carboxylic acids is 5. The fourth-order valence-electron chi connectivity index (χ4n) is 9.44. The molecule has 0 aromatic rings. The Morgan fingerprint density at radius 2 is 1.54 bits per heavy atom. The lowest BCUT2D eigenvalue weighted by molar-refractivity contribution is -0.146. The van der Waals surface area contributed by atoms with Crippen LogP contribution >= 0.6 is 0 Å². The number of rotatable bonds is 16. The minimum absolute atomic E-state index is 0.0465. The number of carbonyl (C=O) groups is 5. The standard InChI is InChI=1S/C41H65N5O7S/c1-8-10-17-29(32(47)35(49)42-24-27-18-19-27)43-34(48)31-30-28(39(30,5)6)25-46(31)36(50)33(40(7)20-13-11-14-21-40)44-37(51)45-41(22-15-12-16-23-41)26-54(52,53)38(3,4)9-2/h1,27-31,33H,9-26H2,2-7H3,(H,42,49)(H,43,48)(H2,44,45,51)/t28?,29?,30-,31-,33+/m0/s1. The average Bonchev–Trinajstić information content (AvgIpc) is 3.99. The first-order chi connectivity index (χ1) is 25.3. The molecule has 5 amide bonds. The highest BCUT2D eigenvalue weighted by atomic mass is 32.2. The molecule has 0 bridgehead atoms.